The number of aromatic nitrogens is 1. The summed E-state index contributed by atoms with van der Waals surface area (Å²) in [6, 6.07) is 7.07. The molecule has 0 saturated carbocycles. The van der Waals surface area contributed by atoms with Crippen LogP contribution in [0.15, 0.2) is 29.6 Å². The van der Waals surface area contributed by atoms with E-state index in [9.17, 15) is 14.7 Å². The van der Waals surface area contributed by atoms with Crippen molar-refractivity contribution >= 4 is 40.0 Å². The number of amides is 1. The topological polar surface area (TPSA) is 88.5 Å². The van der Waals surface area contributed by atoms with Crippen molar-refractivity contribution in [1.82, 2.24) is 4.98 Å². The van der Waals surface area contributed by atoms with Gasteiger partial charge >= 0.3 is 5.97 Å². The van der Waals surface area contributed by atoms with Gasteiger partial charge in [-0.15, -0.1) is 11.3 Å². The summed E-state index contributed by atoms with van der Waals surface area (Å²) >= 11 is 1.08. The number of thiazole rings is 1. The number of rotatable bonds is 3. The molecule has 1 aliphatic heterocycles. The van der Waals surface area contributed by atoms with Gasteiger partial charge in [0, 0.05) is 11.3 Å². The largest absolute Gasteiger partial charge is 0.493 e. The zero-order valence-corrected chi connectivity index (χ0v) is 12.4. The monoisotopic (exact) mass is 316 g/mol. The third-order valence-corrected chi connectivity index (χ3v) is 3.95. The molecular formula is C15H12N2O4S. The lowest BCUT2D eigenvalue weighted by Crippen LogP contribution is -2.13. The van der Waals surface area contributed by atoms with Crippen LogP contribution in [0.4, 0.5) is 5.69 Å². The second-order valence-electron chi connectivity index (χ2n) is 4.48. The SMILES string of the molecule is CCOC(=O)/C(=C1\C(=O)Nc2ccccc21)c1nc(O)cs1. The molecule has 112 valence electrons. The van der Waals surface area contributed by atoms with E-state index in [2.05, 4.69) is 10.3 Å². The van der Waals surface area contributed by atoms with Gasteiger partial charge in [-0.3, -0.25) is 4.79 Å². The Bertz CT molecular complexity index is 794. The third kappa shape index (κ3) is 2.35. The predicted octanol–water partition coefficient (Wildman–Crippen LogP) is 2.27. The zero-order valence-electron chi connectivity index (χ0n) is 11.6. The summed E-state index contributed by atoms with van der Waals surface area (Å²) in [5.74, 6) is -1.23. The number of nitrogens with zero attached hydrogens (tertiary/aromatic N) is 1. The smallest absolute Gasteiger partial charge is 0.342 e. The van der Waals surface area contributed by atoms with Gasteiger partial charge < -0.3 is 15.2 Å². The molecule has 6 nitrogen and oxygen atoms in total. The maximum absolute atomic E-state index is 12.3. The van der Waals surface area contributed by atoms with E-state index < -0.39 is 5.97 Å². The van der Waals surface area contributed by atoms with Crippen molar-refractivity contribution in [2.45, 2.75) is 6.92 Å². The molecule has 2 heterocycles. The number of fused-ring (bicyclic) bond motifs is 1. The van der Waals surface area contributed by atoms with Crippen LogP contribution < -0.4 is 5.32 Å². The van der Waals surface area contributed by atoms with Gasteiger partial charge in [0.25, 0.3) is 5.91 Å². The second kappa shape index (κ2) is 5.61. The maximum atomic E-state index is 12.3. The molecule has 0 unspecified atom stereocenters. The number of para-hydroxylation sites is 1. The standard InChI is InChI=1S/C15H12N2O4S/c1-2-21-15(20)12(14-17-10(18)7-22-14)11-8-5-3-4-6-9(8)16-13(11)19/h3-7,18H,2H2,1H3,(H,16,19)/b12-11-. The molecule has 1 aromatic carbocycles. The van der Waals surface area contributed by atoms with Gasteiger partial charge in [0.1, 0.15) is 10.6 Å². The highest BCUT2D eigenvalue weighted by Gasteiger charge is 2.32. The molecule has 2 aromatic rings. The highest BCUT2D eigenvalue weighted by Crippen LogP contribution is 2.38. The van der Waals surface area contributed by atoms with Crippen LogP contribution in [0.2, 0.25) is 0 Å². The van der Waals surface area contributed by atoms with E-state index in [4.69, 9.17) is 4.74 Å². The number of nitrogens with one attached hydrogen (secondary N) is 1. The van der Waals surface area contributed by atoms with Crippen molar-refractivity contribution in [2.24, 2.45) is 0 Å². The maximum Gasteiger partial charge on any atom is 0.342 e. The minimum atomic E-state index is -0.640. The summed E-state index contributed by atoms with van der Waals surface area (Å²) in [5, 5.41) is 13.8. The minimum absolute atomic E-state index is 0.0644. The molecular weight excluding hydrogens is 304 g/mol. The first-order valence-corrected chi connectivity index (χ1v) is 7.46. The molecule has 7 heteroatoms. The summed E-state index contributed by atoms with van der Waals surface area (Å²) in [5.41, 5.74) is 1.52. The number of hydrogen-bond donors (Lipinski definition) is 2. The van der Waals surface area contributed by atoms with Crippen molar-refractivity contribution in [1.29, 1.82) is 0 Å². The average molecular weight is 316 g/mol. The molecule has 0 atom stereocenters. The van der Waals surface area contributed by atoms with Crippen LogP contribution in [0.3, 0.4) is 0 Å². The van der Waals surface area contributed by atoms with Crippen LogP contribution >= 0.6 is 11.3 Å². The normalized spacial score (nSPS) is 15.2. The number of carbonyl (C=O) groups is 2. The zero-order chi connectivity index (χ0) is 15.7. The molecule has 2 N–H and O–H groups in total. The van der Waals surface area contributed by atoms with Crippen LogP contribution in [0.25, 0.3) is 11.1 Å². The van der Waals surface area contributed by atoms with Gasteiger partial charge in [-0.1, -0.05) is 18.2 Å². The molecule has 0 fully saturated rings. The number of benzene rings is 1. The van der Waals surface area contributed by atoms with E-state index in [0.29, 0.717) is 11.3 Å². The summed E-state index contributed by atoms with van der Waals surface area (Å²) < 4.78 is 5.05. The molecule has 1 aliphatic rings. The third-order valence-electron chi connectivity index (χ3n) is 3.11. The van der Waals surface area contributed by atoms with Gasteiger partial charge in [0.15, 0.2) is 0 Å². The molecule has 1 amide bonds. The van der Waals surface area contributed by atoms with E-state index in [1.54, 1.807) is 31.2 Å². The van der Waals surface area contributed by atoms with Gasteiger partial charge in [-0.25, -0.2) is 9.78 Å². The van der Waals surface area contributed by atoms with Gasteiger partial charge in [-0.2, -0.15) is 0 Å². The van der Waals surface area contributed by atoms with E-state index in [1.165, 1.54) is 5.38 Å². The Kier molecular flexibility index (Phi) is 3.64. The summed E-state index contributed by atoms with van der Waals surface area (Å²) in [6.45, 7) is 1.86. The molecule has 3 rings (SSSR count). The van der Waals surface area contributed by atoms with Crippen molar-refractivity contribution in [3.05, 3.63) is 40.2 Å². The first kappa shape index (κ1) is 14.3. The quantitative estimate of drug-likeness (QED) is 0.670. The number of anilines is 1. The Morgan fingerprint density at radius 2 is 2.18 bits per heavy atom. The Morgan fingerprint density at radius 3 is 2.86 bits per heavy atom. The molecule has 0 aliphatic carbocycles. The van der Waals surface area contributed by atoms with Crippen molar-refractivity contribution < 1.29 is 19.4 Å². The fourth-order valence-electron chi connectivity index (χ4n) is 2.25. The van der Waals surface area contributed by atoms with Crippen LogP contribution in [0.1, 0.15) is 17.5 Å². The number of aromatic hydroxyl groups is 1. The lowest BCUT2D eigenvalue weighted by molar-refractivity contribution is -0.136. The van der Waals surface area contributed by atoms with Gasteiger partial charge in [0.05, 0.1) is 17.6 Å². The Balaban J connectivity index is 2.24. The van der Waals surface area contributed by atoms with E-state index in [-0.39, 0.29) is 34.5 Å². The van der Waals surface area contributed by atoms with E-state index >= 15 is 0 Å². The number of hydrogen-bond acceptors (Lipinski definition) is 6. The highest BCUT2D eigenvalue weighted by atomic mass is 32.1. The molecule has 1 aromatic heterocycles. The number of ether oxygens (including phenoxy) is 1. The van der Waals surface area contributed by atoms with Crippen molar-refractivity contribution in [2.75, 3.05) is 11.9 Å². The van der Waals surface area contributed by atoms with Crippen LogP contribution in [0, 0.1) is 0 Å². The van der Waals surface area contributed by atoms with Crippen molar-refractivity contribution in [3.63, 3.8) is 0 Å². The van der Waals surface area contributed by atoms with Gasteiger partial charge in [0.2, 0.25) is 5.88 Å². The van der Waals surface area contributed by atoms with Crippen LogP contribution in [-0.4, -0.2) is 28.6 Å². The number of carbonyl (C=O) groups excluding carboxylic acids is 2. The molecule has 0 radical (unpaired) electrons. The lowest BCUT2D eigenvalue weighted by Gasteiger charge is -2.07. The second-order valence-corrected chi connectivity index (χ2v) is 5.34. The lowest BCUT2D eigenvalue weighted by atomic mass is 10.0. The van der Waals surface area contributed by atoms with Crippen LogP contribution in [-0.2, 0) is 14.3 Å². The fourth-order valence-corrected chi connectivity index (χ4v) is 2.96. The predicted molar refractivity (Wildman–Crippen MR) is 82.3 cm³/mol. The molecule has 0 bridgehead atoms. The average Bonchev–Trinajstić information content (AvgIpc) is 3.04. The Morgan fingerprint density at radius 1 is 1.41 bits per heavy atom. The van der Waals surface area contributed by atoms with Crippen molar-refractivity contribution in [3.8, 4) is 5.88 Å². The first-order chi connectivity index (χ1) is 10.6. The van der Waals surface area contributed by atoms with E-state index in [0.717, 1.165) is 11.3 Å². The summed E-state index contributed by atoms with van der Waals surface area (Å²) in [7, 11) is 0. The molecule has 22 heavy (non-hydrogen) atoms. The Labute approximate surface area is 130 Å². The molecule has 0 spiro atoms. The van der Waals surface area contributed by atoms with E-state index in [1.807, 2.05) is 0 Å². The fraction of sp³-hybridized carbons (Fsp3) is 0.133. The van der Waals surface area contributed by atoms with Crippen LogP contribution in [0.5, 0.6) is 5.88 Å². The summed E-state index contributed by atoms with van der Waals surface area (Å²) in [4.78, 5) is 28.5. The Hall–Kier alpha value is -2.67. The number of esters is 1. The van der Waals surface area contributed by atoms with Gasteiger partial charge in [-0.05, 0) is 13.0 Å². The first-order valence-electron chi connectivity index (χ1n) is 6.58. The summed E-state index contributed by atoms with van der Waals surface area (Å²) in [6.07, 6.45) is 0. The highest BCUT2D eigenvalue weighted by molar-refractivity contribution is 7.11. The minimum Gasteiger partial charge on any atom is -0.493 e. The molecule has 0 saturated heterocycles.